The van der Waals surface area contributed by atoms with Gasteiger partial charge in [0.15, 0.2) is 0 Å². The summed E-state index contributed by atoms with van der Waals surface area (Å²) in [6, 6.07) is 2.87. The normalized spacial score (nSPS) is 16.3. The van der Waals surface area contributed by atoms with Crippen LogP contribution in [0.2, 0.25) is 0 Å². The Balaban J connectivity index is 3.64. The first-order valence-corrected chi connectivity index (χ1v) is 6.39. The zero-order valence-electron chi connectivity index (χ0n) is 7.95. The zero-order valence-corrected chi connectivity index (χ0v) is 9.66. The van der Waals surface area contributed by atoms with Gasteiger partial charge in [0.25, 0.3) is 0 Å². The Morgan fingerprint density at radius 1 is 1.24 bits per heavy atom. The molecule has 0 bridgehead atoms. The molecule has 0 radical (unpaired) electrons. The van der Waals surface area contributed by atoms with E-state index in [1.165, 1.54) is 0 Å². The maximum Gasteiger partial charge on any atom is 0.311 e. The van der Waals surface area contributed by atoms with Gasteiger partial charge in [-0.05, 0) is 18.2 Å². The highest BCUT2D eigenvalue weighted by molar-refractivity contribution is 8.45. The van der Waals surface area contributed by atoms with Gasteiger partial charge in [0.2, 0.25) is 0 Å². The molecule has 0 aliphatic carbocycles. The van der Waals surface area contributed by atoms with Crippen LogP contribution in [-0.2, 0) is 0 Å². The molecule has 0 atom stereocenters. The fourth-order valence-electron chi connectivity index (χ4n) is 1.07. The lowest BCUT2D eigenvalue weighted by Crippen LogP contribution is -2.08. The lowest BCUT2D eigenvalue weighted by molar-refractivity contribution is 0.363. The third-order valence-corrected chi connectivity index (χ3v) is 2.99. The molecule has 1 aromatic carbocycles. The van der Waals surface area contributed by atoms with Gasteiger partial charge >= 0.3 is 10.2 Å². The number of hydrogen-bond donors (Lipinski definition) is 1. The molecule has 1 rings (SSSR count). The summed E-state index contributed by atoms with van der Waals surface area (Å²) in [5.74, 6) is 0. The first-order valence-electron chi connectivity index (χ1n) is 3.93. The average molecular weight is 288 g/mol. The lowest BCUT2D eigenvalue weighted by atomic mass is 10.2. The minimum Gasteiger partial charge on any atom is -0.250 e. The van der Waals surface area contributed by atoms with E-state index >= 15 is 0 Å². The molecular weight excluding hydrogens is 283 g/mol. The highest BCUT2D eigenvalue weighted by Crippen LogP contribution is 3.02. The molecule has 0 saturated carbocycles. The Morgan fingerprint density at radius 3 is 2.24 bits per heavy atom. The predicted octanol–water partition coefficient (Wildman–Crippen LogP) is 4.81. The summed E-state index contributed by atoms with van der Waals surface area (Å²) in [5, 5.41) is 8.41. The number of halogens is 5. The third kappa shape index (κ3) is 3.34. The molecule has 0 aromatic heterocycles. The topological polar surface area (TPSA) is 36.1 Å². The van der Waals surface area contributed by atoms with Gasteiger partial charge in [-0.1, -0.05) is 19.4 Å². The quantitative estimate of drug-likeness (QED) is 0.360. The van der Waals surface area contributed by atoms with E-state index in [2.05, 4.69) is 17.6 Å². The maximum absolute atomic E-state index is 12.6. The Hall–Kier alpha value is -1.27. The van der Waals surface area contributed by atoms with Crippen LogP contribution in [0.1, 0.15) is 5.56 Å². The van der Waals surface area contributed by atoms with Crippen molar-refractivity contribution < 1.29 is 19.4 Å². The Morgan fingerprint density at radius 2 is 1.82 bits per heavy atom. The number of rotatable bonds is 2. The van der Waals surface area contributed by atoms with Gasteiger partial charge in [0.05, 0.1) is 16.8 Å². The van der Waals surface area contributed by atoms with E-state index in [-0.39, 0.29) is 11.8 Å². The van der Waals surface area contributed by atoms with Crippen LogP contribution in [-0.4, -0.2) is 5.55 Å². The molecule has 0 aliphatic rings. The molecule has 0 fully saturated rings. The fraction of sp³-hybridized carbons (Fsp3) is 0. The fourth-order valence-corrected chi connectivity index (χ4v) is 2.08. The highest BCUT2D eigenvalue weighted by Gasteiger charge is 2.66. The van der Waals surface area contributed by atoms with E-state index in [9.17, 15) is 19.4 Å². The summed E-state index contributed by atoms with van der Waals surface area (Å²) in [5.41, 5.74) is -0.638. The molecule has 94 valence electrons. The number of nitriles is 1. The van der Waals surface area contributed by atoms with Crippen molar-refractivity contribution in [3.8, 4) is 6.07 Å². The van der Waals surface area contributed by atoms with Crippen molar-refractivity contribution in [2.45, 2.75) is 4.90 Å². The summed E-state index contributed by atoms with van der Waals surface area (Å²) in [4.78, 5) is 1.10. The van der Waals surface area contributed by atoms with E-state index in [4.69, 9.17) is 5.26 Å². The van der Waals surface area contributed by atoms with Crippen LogP contribution >= 0.6 is 22.9 Å². The van der Waals surface area contributed by atoms with Crippen LogP contribution in [0.4, 0.5) is 25.1 Å². The summed E-state index contributed by atoms with van der Waals surface area (Å²) in [6.45, 7) is 0. The van der Waals surface area contributed by atoms with Gasteiger partial charge < -0.3 is 0 Å². The SMILES string of the molecule is N#Cc1ccc(/N=C/S)cc1S(F)(F)(F)(F)F. The van der Waals surface area contributed by atoms with Crippen LogP contribution in [0.15, 0.2) is 28.1 Å². The van der Waals surface area contributed by atoms with Crippen LogP contribution in [0, 0.1) is 11.3 Å². The molecule has 0 spiro atoms. The van der Waals surface area contributed by atoms with Crippen molar-refractivity contribution in [1.29, 1.82) is 5.26 Å². The first-order chi connectivity index (χ1) is 7.47. The van der Waals surface area contributed by atoms with Crippen molar-refractivity contribution in [3.63, 3.8) is 0 Å². The molecule has 0 N–H and O–H groups in total. The molecule has 0 saturated heterocycles. The minimum absolute atomic E-state index is 0.132. The van der Waals surface area contributed by atoms with Gasteiger partial charge in [-0.2, -0.15) is 5.26 Å². The second-order valence-corrected chi connectivity index (χ2v) is 5.61. The lowest BCUT2D eigenvalue weighted by Gasteiger charge is -2.41. The van der Waals surface area contributed by atoms with E-state index in [1.807, 2.05) is 0 Å². The van der Waals surface area contributed by atoms with E-state index < -0.39 is 20.7 Å². The van der Waals surface area contributed by atoms with Gasteiger partial charge in [-0.25, -0.2) is 0 Å². The smallest absolute Gasteiger partial charge is 0.250 e. The Labute approximate surface area is 98.9 Å². The van der Waals surface area contributed by atoms with E-state index in [0.717, 1.165) is 17.7 Å². The van der Waals surface area contributed by atoms with Gasteiger partial charge in [0, 0.05) is 0 Å². The van der Waals surface area contributed by atoms with Crippen LogP contribution in [0.5, 0.6) is 0 Å². The second kappa shape index (κ2) is 3.36. The van der Waals surface area contributed by atoms with Crippen molar-refractivity contribution in [3.05, 3.63) is 23.8 Å². The van der Waals surface area contributed by atoms with E-state index in [0.29, 0.717) is 6.07 Å². The molecular formula is C8H5F5N2S2. The van der Waals surface area contributed by atoms with Crippen molar-refractivity contribution in [1.82, 2.24) is 0 Å². The zero-order chi connectivity index (χ0) is 13.4. The molecule has 2 nitrogen and oxygen atoms in total. The Bertz CT molecular complexity index is 529. The second-order valence-electron chi connectivity index (χ2n) is 3.01. The van der Waals surface area contributed by atoms with Crippen molar-refractivity contribution in [2.24, 2.45) is 4.99 Å². The number of benzene rings is 1. The summed E-state index contributed by atoms with van der Waals surface area (Å²) in [6.07, 6.45) is 0. The summed E-state index contributed by atoms with van der Waals surface area (Å²) < 4.78 is 63.0. The van der Waals surface area contributed by atoms with Crippen molar-refractivity contribution >= 4 is 34.1 Å². The van der Waals surface area contributed by atoms with Crippen LogP contribution in [0.25, 0.3) is 0 Å². The summed E-state index contributed by atoms with van der Waals surface area (Å²) in [7, 11) is -9.89. The van der Waals surface area contributed by atoms with Gasteiger partial charge in [-0.3, -0.25) is 4.99 Å². The van der Waals surface area contributed by atoms with Crippen molar-refractivity contribution in [2.75, 3.05) is 0 Å². The molecule has 0 heterocycles. The van der Waals surface area contributed by atoms with E-state index in [1.54, 1.807) is 0 Å². The van der Waals surface area contributed by atoms with Crippen LogP contribution < -0.4 is 0 Å². The average Bonchev–Trinajstić information content (AvgIpc) is 2.15. The third-order valence-electron chi connectivity index (χ3n) is 1.71. The largest absolute Gasteiger partial charge is 0.311 e. The Kier molecular flexibility index (Phi) is 2.73. The number of thiol groups is 1. The number of hydrogen-bond acceptors (Lipinski definition) is 2. The standard InChI is InChI=1S/C8H5F5N2S2/c9-17(10,11,12,13)8-3-7(15-5-16)2-1-6(8)4-14/h1-3,5H,(H,15,16). The number of aliphatic imine (C=N–C) groups is 1. The summed E-state index contributed by atoms with van der Waals surface area (Å²) >= 11 is 3.51. The molecule has 9 heteroatoms. The predicted molar refractivity (Wildman–Crippen MR) is 59.7 cm³/mol. The molecule has 1 aromatic rings. The number of nitrogens with zero attached hydrogens (tertiary/aromatic N) is 2. The molecule has 0 amide bonds. The monoisotopic (exact) mass is 288 g/mol. The van der Waals surface area contributed by atoms with Gasteiger partial charge in [-0.15, -0.1) is 12.6 Å². The first kappa shape index (κ1) is 13.8. The molecule has 0 unspecified atom stereocenters. The molecule has 17 heavy (non-hydrogen) atoms. The van der Waals surface area contributed by atoms with Gasteiger partial charge in [0.1, 0.15) is 11.0 Å². The minimum atomic E-state index is -9.89. The maximum atomic E-state index is 12.6. The molecule has 0 aliphatic heterocycles. The highest BCUT2D eigenvalue weighted by atomic mass is 32.5. The van der Waals surface area contributed by atoms with Crippen LogP contribution in [0.3, 0.4) is 0 Å².